The van der Waals surface area contributed by atoms with Gasteiger partial charge in [-0.1, -0.05) is 20.3 Å². The van der Waals surface area contributed by atoms with Crippen molar-refractivity contribution in [2.24, 2.45) is 11.8 Å². The average Bonchev–Trinajstić information content (AvgIpc) is 2.18. The third-order valence-corrected chi connectivity index (χ3v) is 3.07. The first-order valence-electron chi connectivity index (χ1n) is 5.53. The Hall–Kier alpha value is -0.730. The van der Waals surface area contributed by atoms with E-state index >= 15 is 0 Å². The van der Waals surface area contributed by atoms with Gasteiger partial charge in [0.25, 0.3) is 0 Å². The highest BCUT2D eigenvalue weighted by atomic mass is 16.6. The van der Waals surface area contributed by atoms with Crippen molar-refractivity contribution in [3.8, 4) is 0 Å². The molecule has 1 aliphatic rings. The van der Waals surface area contributed by atoms with Crippen molar-refractivity contribution in [2.75, 3.05) is 7.05 Å². The fourth-order valence-electron chi connectivity index (χ4n) is 2.23. The molecule has 0 saturated heterocycles. The molecule has 1 aliphatic carbocycles. The predicted octanol–water partition coefficient (Wildman–Crippen LogP) is 2.56. The Bertz CT molecular complexity index is 192. The maximum absolute atomic E-state index is 11.1. The largest absolute Gasteiger partial charge is 0.446 e. The molecule has 3 nitrogen and oxygen atoms in total. The van der Waals surface area contributed by atoms with Gasteiger partial charge in [0.15, 0.2) is 0 Å². The SMILES string of the molecule is CNC(=O)OC1CCCCC1C(C)C. The van der Waals surface area contributed by atoms with Gasteiger partial charge in [-0.15, -0.1) is 0 Å². The van der Waals surface area contributed by atoms with Gasteiger partial charge >= 0.3 is 6.09 Å². The van der Waals surface area contributed by atoms with E-state index in [9.17, 15) is 4.79 Å². The number of ether oxygens (including phenoxy) is 1. The Labute approximate surface area is 86.2 Å². The molecule has 1 saturated carbocycles. The number of rotatable bonds is 2. The van der Waals surface area contributed by atoms with Crippen LogP contribution in [0.15, 0.2) is 0 Å². The average molecular weight is 199 g/mol. The van der Waals surface area contributed by atoms with Crippen LogP contribution in [-0.4, -0.2) is 19.2 Å². The van der Waals surface area contributed by atoms with Crippen LogP contribution in [0.4, 0.5) is 4.79 Å². The summed E-state index contributed by atoms with van der Waals surface area (Å²) in [5.74, 6) is 1.14. The van der Waals surface area contributed by atoms with Crippen molar-refractivity contribution in [3.05, 3.63) is 0 Å². The summed E-state index contributed by atoms with van der Waals surface area (Å²) >= 11 is 0. The van der Waals surface area contributed by atoms with Crippen molar-refractivity contribution in [2.45, 2.75) is 45.6 Å². The summed E-state index contributed by atoms with van der Waals surface area (Å²) in [6.07, 6.45) is 4.52. The van der Waals surface area contributed by atoms with E-state index in [1.807, 2.05) is 0 Å². The van der Waals surface area contributed by atoms with Gasteiger partial charge in [0, 0.05) is 7.05 Å². The molecule has 0 aromatic heterocycles. The van der Waals surface area contributed by atoms with E-state index in [0.29, 0.717) is 11.8 Å². The zero-order valence-corrected chi connectivity index (χ0v) is 9.38. The summed E-state index contributed by atoms with van der Waals surface area (Å²) in [6.45, 7) is 4.41. The van der Waals surface area contributed by atoms with Crippen LogP contribution in [0.2, 0.25) is 0 Å². The first kappa shape index (κ1) is 11.3. The lowest BCUT2D eigenvalue weighted by Crippen LogP contribution is -2.35. The third-order valence-electron chi connectivity index (χ3n) is 3.07. The van der Waals surface area contributed by atoms with Gasteiger partial charge in [0.1, 0.15) is 6.10 Å². The van der Waals surface area contributed by atoms with Crippen LogP contribution in [0.5, 0.6) is 0 Å². The monoisotopic (exact) mass is 199 g/mol. The molecule has 0 aliphatic heterocycles. The van der Waals surface area contributed by atoms with E-state index in [1.165, 1.54) is 19.3 Å². The molecule has 1 amide bonds. The Kier molecular flexibility index (Phi) is 4.23. The maximum atomic E-state index is 11.1. The van der Waals surface area contributed by atoms with Crippen LogP contribution in [0.1, 0.15) is 39.5 Å². The lowest BCUT2D eigenvalue weighted by Gasteiger charge is -2.33. The van der Waals surface area contributed by atoms with Crippen molar-refractivity contribution in [3.63, 3.8) is 0 Å². The van der Waals surface area contributed by atoms with Crippen LogP contribution in [-0.2, 0) is 4.74 Å². The van der Waals surface area contributed by atoms with Crippen LogP contribution in [0.25, 0.3) is 0 Å². The van der Waals surface area contributed by atoms with Crippen LogP contribution in [0.3, 0.4) is 0 Å². The molecule has 2 unspecified atom stereocenters. The highest BCUT2D eigenvalue weighted by Crippen LogP contribution is 2.32. The van der Waals surface area contributed by atoms with E-state index in [2.05, 4.69) is 19.2 Å². The van der Waals surface area contributed by atoms with Crippen molar-refractivity contribution < 1.29 is 9.53 Å². The van der Waals surface area contributed by atoms with E-state index in [1.54, 1.807) is 7.05 Å². The number of amides is 1. The lowest BCUT2D eigenvalue weighted by molar-refractivity contribution is 0.0214. The number of alkyl carbamates (subject to hydrolysis) is 1. The smallest absolute Gasteiger partial charge is 0.407 e. The normalized spacial score (nSPS) is 27.4. The van der Waals surface area contributed by atoms with Crippen molar-refractivity contribution >= 4 is 6.09 Å². The second-order valence-corrected chi connectivity index (χ2v) is 4.39. The van der Waals surface area contributed by atoms with E-state index in [0.717, 1.165) is 6.42 Å². The first-order valence-corrected chi connectivity index (χ1v) is 5.53. The molecule has 3 heteroatoms. The Morgan fingerprint density at radius 2 is 2.00 bits per heavy atom. The molecule has 0 bridgehead atoms. The molecule has 1 fully saturated rings. The molecule has 2 atom stereocenters. The van der Waals surface area contributed by atoms with Gasteiger partial charge in [-0.05, 0) is 31.1 Å². The predicted molar refractivity (Wildman–Crippen MR) is 56.1 cm³/mol. The molecule has 14 heavy (non-hydrogen) atoms. The zero-order valence-electron chi connectivity index (χ0n) is 9.38. The van der Waals surface area contributed by atoms with Gasteiger partial charge < -0.3 is 10.1 Å². The summed E-state index contributed by atoms with van der Waals surface area (Å²) in [5.41, 5.74) is 0. The van der Waals surface area contributed by atoms with Crippen LogP contribution < -0.4 is 5.32 Å². The van der Waals surface area contributed by atoms with E-state index < -0.39 is 0 Å². The van der Waals surface area contributed by atoms with Crippen LogP contribution in [0, 0.1) is 11.8 Å². The summed E-state index contributed by atoms with van der Waals surface area (Å²) in [7, 11) is 1.61. The topological polar surface area (TPSA) is 38.3 Å². The molecule has 1 rings (SSSR count). The molecule has 0 aromatic carbocycles. The maximum Gasteiger partial charge on any atom is 0.407 e. The van der Waals surface area contributed by atoms with Crippen molar-refractivity contribution in [1.29, 1.82) is 0 Å². The molecule has 0 spiro atoms. The molecular formula is C11H21NO2. The second-order valence-electron chi connectivity index (χ2n) is 4.39. The fraction of sp³-hybridized carbons (Fsp3) is 0.909. The highest BCUT2D eigenvalue weighted by Gasteiger charge is 2.30. The molecule has 0 heterocycles. The highest BCUT2D eigenvalue weighted by molar-refractivity contribution is 5.66. The minimum atomic E-state index is -0.289. The lowest BCUT2D eigenvalue weighted by atomic mass is 9.79. The molecule has 82 valence electrons. The van der Waals surface area contributed by atoms with Crippen molar-refractivity contribution in [1.82, 2.24) is 5.32 Å². The molecule has 1 N–H and O–H groups in total. The van der Waals surface area contributed by atoms with Gasteiger partial charge in [0.05, 0.1) is 0 Å². The Morgan fingerprint density at radius 3 is 2.57 bits per heavy atom. The standard InChI is InChI=1S/C11H21NO2/c1-8(2)9-6-4-5-7-10(9)14-11(13)12-3/h8-10H,4-7H2,1-3H3,(H,12,13). The Balaban J connectivity index is 2.49. The molecule has 0 radical (unpaired) electrons. The number of hydrogen-bond donors (Lipinski definition) is 1. The zero-order chi connectivity index (χ0) is 10.6. The summed E-state index contributed by atoms with van der Waals surface area (Å²) < 4.78 is 5.36. The van der Waals surface area contributed by atoms with Gasteiger partial charge in [-0.3, -0.25) is 0 Å². The first-order chi connectivity index (χ1) is 6.65. The van der Waals surface area contributed by atoms with Crippen LogP contribution >= 0.6 is 0 Å². The number of carbonyl (C=O) groups excluding carboxylic acids is 1. The van der Waals surface area contributed by atoms with E-state index in [4.69, 9.17) is 4.74 Å². The second kappa shape index (κ2) is 5.23. The van der Waals surface area contributed by atoms with E-state index in [-0.39, 0.29) is 12.2 Å². The minimum absolute atomic E-state index is 0.128. The number of carbonyl (C=O) groups is 1. The van der Waals surface area contributed by atoms with Gasteiger partial charge in [-0.25, -0.2) is 4.79 Å². The minimum Gasteiger partial charge on any atom is -0.446 e. The Morgan fingerprint density at radius 1 is 1.36 bits per heavy atom. The number of nitrogens with one attached hydrogen (secondary N) is 1. The molecule has 0 aromatic rings. The molecular weight excluding hydrogens is 178 g/mol. The van der Waals surface area contributed by atoms with Gasteiger partial charge in [-0.2, -0.15) is 0 Å². The fourth-order valence-corrected chi connectivity index (χ4v) is 2.23. The van der Waals surface area contributed by atoms with Gasteiger partial charge in [0.2, 0.25) is 0 Å². The quantitative estimate of drug-likeness (QED) is 0.742. The number of hydrogen-bond acceptors (Lipinski definition) is 2. The summed E-state index contributed by atoms with van der Waals surface area (Å²) in [6, 6.07) is 0. The third kappa shape index (κ3) is 2.89. The summed E-state index contributed by atoms with van der Waals surface area (Å²) in [5, 5.41) is 2.51. The summed E-state index contributed by atoms with van der Waals surface area (Å²) in [4.78, 5) is 11.1.